The Kier molecular flexibility index (Phi) is 7.63. The fourth-order valence-electron chi connectivity index (χ4n) is 3.97. The van der Waals surface area contributed by atoms with Crippen LogP contribution >= 0.6 is 46.4 Å². The van der Waals surface area contributed by atoms with Gasteiger partial charge in [0.15, 0.2) is 0 Å². The number of carbonyl (C=O) groups excluding carboxylic acids is 1. The molecule has 2 aromatic carbocycles. The standard InChI is InChI=1S/C26H19Cl4F3N2O/c1-14-10-15(3-6-19(26(31,32)33)16-11-20(27)23(30)21(28)12-16)2-5-18(14)24(36)35-25(8-9-25)17-4-7-22(29)34-13-17/h2-7,10-13,19H,8-9H2,1H3,(H,35,36). The van der Waals surface area contributed by atoms with Gasteiger partial charge in [0.2, 0.25) is 0 Å². The molecule has 0 spiro atoms. The van der Waals surface area contributed by atoms with E-state index in [1.165, 1.54) is 6.08 Å². The van der Waals surface area contributed by atoms with Crippen LogP contribution in [0, 0.1) is 6.92 Å². The van der Waals surface area contributed by atoms with Gasteiger partial charge in [-0.05, 0) is 66.3 Å². The Balaban J connectivity index is 1.54. The molecule has 1 atom stereocenters. The number of halogens is 7. The van der Waals surface area contributed by atoms with E-state index in [-0.39, 0.29) is 26.5 Å². The number of allylic oxidation sites excluding steroid dienone is 1. The Morgan fingerprint density at radius 3 is 2.25 bits per heavy atom. The molecule has 1 unspecified atom stereocenters. The van der Waals surface area contributed by atoms with E-state index in [0.717, 1.165) is 36.6 Å². The summed E-state index contributed by atoms with van der Waals surface area (Å²) in [4.78, 5) is 17.1. The number of nitrogens with one attached hydrogen (secondary N) is 1. The fourth-order valence-corrected chi connectivity index (χ4v) is 4.70. The van der Waals surface area contributed by atoms with Crippen LogP contribution in [0.2, 0.25) is 20.2 Å². The van der Waals surface area contributed by atoms with Gasteiger partial charge >= 0.3 is 6.18 Å². The van der Waals surface area contributed by atoms with Crippen molar-refractivity contribution in [3.8, 4) is 0 Å². The Bertz CT molecular complexity index is 1310. The van der Waals surface area contributed by atoms with Crippen molar-refractivity contribution >= 4 is 58.4 Å². The quantitative estimate of drug-likeness (QED) is 0.236. The lowest BCUT2D eigenvalue weighted by atomic mass is 9.96. The van der Waals surface area contributed by atoms with Crippen LogP contribution in [0.1, 0.15) is 51.4 Å². The van der Waals surface area contributed by atoms with Crippen LogP contribution in [-0.4, -0.2) is 17.1 Å². The van der Waals surface area contributed by atoms with Gasteiger partial charge in [0.05, 0.1) is 26.5 Å². The molecule has 1 fully saturated rings. The minimum absolute atomic E-state index is 0.00298. The highest BCUT2D eigenvalue weighted by molar-refractivity contribution is 6.48. The first-order chi connectivity index (χ1) is 16.9. The average Bonchev–Trinajstić information content (AvgIpc) is 3.57. The molecule has 188 valence electrons. The third-order valence-electron chi connectivity index (χ3n) is 6.08. The zero-order chi connectivity index (χ0) is 26.3. The maximum Gasteiger partial charge on any atom is 0.399 e. The van der Waals surface area contributed by atoms with E-state index in [9.17, 15) is 18.0 Å². The summed E-state index contributed by atoms with van der Waals surface area (Å²) in [5, 5.41) is 3.31. The van der Waals surface area contributed by atoms with Crippen molar-refractivity contribution in [2.45, 2.75) is 37.4 Å². The highest BCUT2D eigenvalue weighted by Gasteiger charge is 2.46. The molecular weight excluding hydrogens is 555 g/mol. The summed E-state index contributed by atoms with van der Waals surface area (Å²) in [6.45, 7) is 1.73. The van der Waals surface area contributed by atoms with Crippen LogP contribution in [0.5, 0.6) is 0 Å². The van der Waals surface area contributed by atoms with Gasteiger partial charge in [-0.3, -0.25) is 4.79 Å². The second kappa shape index (κ2) is 10.3. The number of rotatable bonds is 6. The number of aromatic nitrogens is 1. The number of hydrogen-bond donors (Lipinski definition) is 1. The molecule has 0 radical (unpaired) electrons. The summed E-state index contributed by atoms with van der Waals surface area (Å²) in [7, 11) is 0. The number of pyridine rings is 1. The van der Waals surface area contributed by atoms with Crippen molar-refractivity contribution in [1.82, 2.24) is 10.3 Å². The van der Waals surface area contributed by atoms with Gasteiger partial charge in [-0.25, -0.2) is 4.98 Å². The van der Waals surface area contributed by atoms with Gasteiger partial charge in [0.1, 0.15) is 5.15 Å². The number of alkyl halides is 3. The Morgan fingerprint density at radius 1 is 1.06 bits per heavy atom. The third-order valence-corrected chi connectivity index (χ3v) is 7.50. The number of amides is 1. The van der Waals surface area contributed by atoms with Gasteiger partial charge < -0.3 is 5.32 Å². The van der Waals surface area contributed by atoms with Crippen molar-refractivity contribution in [3.05, 3.63) is 103 Å². The van der Waals surface area contributed by atoms with Crippen molar-refractivity contribution in [2.75, 3.05) is 0 Å². The predicted molar refractivity (Wildman–Crippen MR) is 138 cm³/mol. The zero-order valence-electron chi connectivity index (χ0n) is 18.8. The van der Waals surface area contributed by atoms with Crippen molar-refractivity contribution in [3.63, 3.8) is 0 Å². The lowest BCUT2D eigenvalue weighted by Crippen LogP contribution is -2.35. The molecule has 0 aliphatic heterocycles. The maximum absolute atomic E-state index is 13.8. The minimum atomic E-state index is -4.58. The fraction of sp³-hybridized carbons (Fsp3) is 0.231. The molecule has 36 heavy (non-hydrogen) atoms. The summed E-state index contributed by atoms with van der Waals surface area (Å²) in [5.74, 6) is -2.22. The SMILES string of the molecule is Cc1cc(C=CC(c2cc(Cl)c(Cl)c(Cl)c2)C(F)(F)F)ccc1C(=O)NC1(c2ccc(Cl)nc2)CC1. The number of nitrogens with zero attached hydrogens (tertiary/aromatic N) is 1. The molecule has 1 aromatic heterocycles. The Hall–Kier alpha value is -2.25. The van der Waals surface area contributed by atoms with Crippen LogP contribution in [0.15, 0.2) is 54.7 Å². The molecule has 1 saturated carbocycles. The molecule has 1 aliphatic rings. The van der Waals surface area contributed by atoms with Crippen molar-refractivity contribution in [1.29, 1.82) is 0 Å². The monoisotopic (exact) mass is 572 g/mol. The van der Waals surface area contributed by atoms with E-state index in [2.05, 4.69) is 10.3 Å². The summed E-state index contributed by atoms with van der Waals surface area (Å²) in [5.41, 5.74) is 1.83. The molecule has 4 rings (SSSR count). The lowest BCUT2D eigenvalue weighted by Gasteiger charge is -2.19. The number of hydrogen-bond acceptors (Lipinski definition) is 2. The van der Waals surface area contributed by atoms with E-state index < -0.39 is 17.6 Å². The van der Waals surface area contributed by atoms with Crippen molar-refractivity contribution < 1.29 is 18.0 Å². The van der Waals surface area contributed by atoms with Crippen LogP contribution < -0.4 is 5.32 Å². The molecular formula is C26H19Cl4F3N2O. The summed E-state index contributed by atoms with van der Waals surface area (Å²) in [6.07, 6.45) is 0.997. The van der Waals surface area contributed by atoms with Crippen molar-refractivity contribution in [2.24, 2.45) is 0 Å². The van der Waals surface area contributed by atoms with Gasteiger partial charge in [-0.15, -0.1) is 0 Å². The first kappa shape index (κ1) is 26.8. The second-order valence-electron chi connectivity index (χ2n) is 8.66. The number of benzene rings is 2. The summed E-state index contributed by atoms with van der Waals surface area (Å²) in [6, 6.07) is 10.7. The van der Waals surface area contributed by atoms with Crippen LogP contribution in [0.3, 0.4) is 0 Å². The largest absolute Gasteiger partial charge is 0.399 e. The molecule has 10 heteroatoms. The molecule has 3 aromatic rings. The average molecular weight is 574 g/mol. The van der Waals surface area contributed by atoms with E-state index in [0.29, 0.717) is 21.8 Å². The zero-order valence-corrected chi connectivity index (χ0v) is 21.8. The van der Waals surface area contributed by atoms with E-state index in [4.69, 9.17) is 46.4 Å². The molecule has 0 bridgehead atoms. The molecule has 1 aliphatic carbocycles. The number of aryl methyl sites for hydroxylation is 1. The summed E-state index contributed by atoms with van der Waals surface area (Å²) < 4.78 is 41.4. The number of carbonyl (C=O) groups is 1. The molecule has 1 amide bonds. The lowest BCUT2D eigenvalue weighted by molar-refractivity contribution is -0.139. The molecule has 0 saturated heterocycles. The van der Waals surface area contributed by atoms with Gasteiger partial charge in [-0.2, -0.15) is 13.2 Å². The smallest absolute Gasteiger partial charge is 0.342 e. The van der Waals surface area contributed by atoms with Gasteiger partial charge in [0.25, 0.3) is 5.91 Å². The Morgan fingerprint density at radius 2 is 1.72 bits per heavy atom. The third kappa shape index (κ3) is 5.83. The summed E-state index contributed by atoms with van der Waals surface area (Å²) >= 11 is 23.6. The highest BCUT2D eigenvalue weighted by Crippen LogP contribution is 2.46. The molecule has 3 nitrogen and oxygen atoms in total. The van der Waals surface area contributed by atoms with E-state index in [1.54, 1.807) is 37.4 Å². The molecule has 1 heterocycles. The van der Waals surface area contributed by atoms with Crippen LogP contribution in [0.25, 0.3) is 6.08 Å². The minimum Gasteiger partial charge on any atom is -0.342 e. The van der Waals surface area contributed by atoms with Gasteiger partial charge in [0, 0.05) is 11.8 Å². The maximum atomic E-state index is 13.8. The van der Waals surface area contributed by atoms with E-state index in [1.807, 2.05) is 6.07 Å². The highest BCUT2D eigenvalue weighted by atomic mass is 35.5. The first-order valence-corrected chi connectivity index (χ1v) is 12.4. The van der Waals surface area contributed by atoms with Crippen LogP contribution in [0.4, 0.5) is 13.2 Å². The topological polar surface area (TPSA) is 42.0 Å². The second-order valence-corrected chi connectivity index (χ2v) is 10.2. The van der Waals surface area contributed by atoms with Gasteiger partial charge in [-0.1, -0.05) is 76.8 Å². The first-order valence-electron chi connectivity index (χ1n) is 10.8. The Labute approximate surface area is 226 Å². The molecule has 1 N–H and O–H groups in total. The van der Waals surface area contributed by atoms with Crippen LogP contribution in [-0.2, 0) is 5.54 Å². The van der Waals surface area contributed by atoms with E-state index >= 15 is 0 Å². The normalized spacial score (nSPS) is 15.7. The predicted octanol–water partition coefficient (Wildman–Crippen LogP) is 8.78.